The van der Waals surface area contributed by atoms with Crippen LogP contribution in [0.3, 0.4) is 0 Å². The molecule has 10 atom stereocenters. The Balaban J connectivity index is 1.60. The summed E-state index contributed by atoms with van der Waals surface area (Å²) in [5.41, 5.74) is 6.36. The minimum Gasteiger partial charge on any atom is -0.756 e. The predicted molar refractivity (Wildman–Crippen MR) is 112 cm³/mol. The topological polar surface area (TPSA) is 265 Å². The molecule has 0 spiro atoms. The lowest BCUT2D eigenvalue weighted by Gasteiger charge is -2.26. The third kappa shape index (κ3) is 4.52. The summed E-state index contributed by atoms with van der Waals surface area (Å²) in [7, 11) is -10.8. The molecule has 18 nitrogen and oxygen atoms in total. The fourth-order valence-corrected chi connectivity index (χ4v) is 6.71. The number of aliphatic hydroxyl groups excluding tert-OH is 4. The number of nitrogens with zero attached hydrogens (tertiary/aromatic N) is 4. The first-order chi connectivity index (χ1) is 16.8. The molecule has 21 heteroatoms. The van der Waals surface area contributed by atoms with Crippen LogP contribution >= 0.6 is 31.6 Å². The smallest absolute Gasteiger partial charge is 0.478 e. The van der Waals surface area contributed by atoms with Crippen molar-refractivity contribution in [2.75, 3.05) is 18.9 Å². The second kappa shape index (κ2) is 9.25. The number of fused-ring (bicyclic) bond motifs is 7. The van der Waals surface area contributed by atoms with Gasteiger partial charge in [0.05, 0.1) is 13.2 Å². The van der Waals surface area contributed by atoms with Crippen LogP contribution in [-0.4, -0.2) is 89.7 Å². The number of nitrogens with two attached hydrogens (primary N) is 1. The molecule has 0 aromatic carbocycles. The number of phosphoric ester groups is 2. The van der Waals surface area contributed by atoms with Crippen molar-refractivity contribution < 1.29 is 66.7 Å². The van der Waals surface area contributed by atoms with Crippen LogP contribution in [0.2, 0.25) is 0 Å². The number of aliphatic hydroxyl groups is 4. The molecule has 2 aromatic heterocycles. The van der Waals surface area contributed by atoms with Crippen molar-refractivity contribution in [1.29, 1.82) is 0 Å². The van der Waals surface area contributed by atoms with E-state index in [1.54, 1.807) is 0 Å². The van der Waals surface area contributed by atoms with Crippen LogP contribution in [0.5, 0.6) is 0 Å². The zero-order chi connectivity index (χ0) is 26.2. The molecule has 36 heavy (non-hydrogen) atoms. The number of hydrogen-bond acceptors (Lipinski definition) is 15. The van der Waals surface area contributed by atoms with Gasteiger partial charge in [0.1, 0.15) is 36.6 Å². The summed E-state index contributed by atoms with van der Waals surface area (Å²) in [6, 6.07) is 0. The van der Waals surface area contributed by atoms with Gasteiger partial charge in [-0.3, -0.25) is 13.7 Å². The lowest BCUT2D eigenvalue weighted by atomic mass is 10.1. The second-order valence-corrected chi connectivity index (χ2v) is 11.9. The van der Waals surface area contributed by atoms with E-state index >= 15 is 0 Å². The fraction of sp³-hybridized carbons (Fsp3) is 0.667. The van der Waals surface area contributed by atoms with Gasteiger partial charge in [-0.05, 0) is 15.9 Å². The van der Waals surface area contributed by atoms with E-state index in [9.17, 15) is 39.3 Å². The SMILES string of the molecule is Nc1c2nc(Br)n3c2nc[n+]1[C@@H]1O[C@H](COP(=O)([O-])OP(=O)(O)OC[C@H]2O[C@@H]3[C@H](O)[C@@H]2O)[C@@H](O)[C@H]1O. The van der Waals surface area contributed by atoms with E-state index in [1.807, 2.05) is 0 Å². The van der Waals surface area contributed by atoms with Gasteiger partial charge in [-0.15, -0.1) is 0 Å². The molecule has 2 aromatic rings. The Morgan fingerprint density at radius 2 is 1.72 bits per heavy atom. The quantitative estimate of drug-likeness (QED) is 0.0970. The highest BCUT2D eigenvalue weighted by Crippen LogP contribution is 2.58. The summed E-state index contributed by atoms with van der Waals surface area (Å²) >= 11 is 3.21. The number of nitrogen functional groups attached to an aromatic ring is 1. The molecule has 2 fully saturated rings. The van der Waals surface area contributed by atoms with Crippen molar-refractivity contribution in [3.63, 3.8) is 0 Å². The Morgan fingerprint density at radius 1 is 1.08 bits per heavy atom. The monoisotopic (exact) mass is 619 g/mol. The lowest BCUT2D eigenvalue weighted by molar-refractivity contribution is -0.755. The first-order valence-corrected chi connectivity index (χ1v) is 13.9. The first-order valence-electron chi connectivity index (χ1n) is 10.2. The van der Waals surface area contributed by atoms with Crippen molar-refractivity contribution in [2.45, 2.75) is 49.1 Å². The molecule has 6 rings (SSSR count). The average molecular weight is 620 g/mol. The van der Waals surface area contributed by atoms with Crippen molar-refractivity contribution in [1.82, 2.24) is 14.5 Å². The van der Waals surface area contributed by atoms with Crippen LogP contribution in [0.25, 0.3) is 11.2 Å². The molecule has 2 saturated heterocycles. The van der Waals surface area contributed by atoms with Crippen LogP contribution in [-0.2, 0) is 32.0 Å². The van der Waals surface area contributed by atoms with Crippen LogP contribution in [0.4, 0.5) is 5.82 Å². The number of anilines is 1. The number of ether oxygens (including phenoxy) is 2. The number of imidazole rings is 1. The number of aromatic nitrogens is 4. The van der Waals surface area contributed by atoms with E-state index in [0.717, 1.165) is 10.9 Å². The lowest BCUT2D eigenvalue weighted by Crippen LogP contribution is -2.48. The summed E-state index contributed by atoms with van der Waals surface area (Å²) in [4.78, 5) is 30.4. The first kappa shape index (κ1) is 26.5. The highest BCUT2D eigenvalue weighted by molar-refractivity contribution is 9.10. The maximum atomic E-state index is 12.2. The molecule has 8 bridgehead atoms. The van der Waals surface area contributed by atoms with Gasteiger partial charge in [0.2, 0.25) is 18.2 Å². The van der Waals surface area contributed by atoms with E-state index in [1.165, 1.54) is 4.57 Å². The van der Waals surface area contributed by atoms with Crippen molar-refractivity contribution >= 4 is 48.6 Å². The van der Waals surface area contributed by atoms with Crippen molar-refractivity contribution in [3.8, 4) is 0 Å². The molecule has 7 N–H and O–H groups in total. The van der Waals surface area contributed by atoms with Gasteiger partial charge in [0, 0.05) is 0 Å². The van der Waals surface area contributed by atoms with Crippen LogP contribution in [0.1, 0.15) is 12.5 Å². The Bertz CT molecular complexity index is 1280. The van der Waals surface area contributed by atoms with E-state index in [-0.39, 0.29) is 21.7 Å². The summed E-state index contributed by atoms with van der Waals surface area (Å²) in [5.74, 6) is -0.0923. The molecular formula is C15H20BrN5O13P2. The van der Waals surface area contributed by atoms with Crippen LogP contribution in [0.15, 0.2) is 11.1 Å². The molecule has 0 radical (unpaired) electrons. The summed E-state index contributed by atoms with van der Waals surface area (Å²) in [6.07, 6.45) is -11.0. The molecule has 200 valence electrons. The average Bonchev–Trinajstić information content (AvgIpc) is 3.37. The summed E-state index contributed by atoms with van der Waals surface area (Å²) < 4.78 is 51.1. The van der Waals surface area contributed by atoms with Crippen molar-refractivity contribution in [3.05, 3.63) is 11.1 Å². The van der Waals surface area contributed by atoms with Crippen molar-refractivity contribution in [2.24, 2.45) is 0 Å². The Labute approximate surface area is 209 Å². The number of halogens is 1. The van der Waals surface area contributed by atoms with Gasteiger partial charge < -0.3 is 49.9 Å². The van der Waals surface area contributed by atoms with Gasteiger partial charge >= 0.3 is 7.82 Å². The van der Waals surface area contributed by atoms with E-state index in [0.29, 0.717) is 0 Å². The Morgan fingerprint density at radius 3 is 2.44 bits per heavy atom. The zero-order valence-corrected chi connectivity index (χ0v) is 21.1. The summed E-state index contributed by atoms with van der Waals surface area (Å²) in [6.45, 7) is -1.79. The largest absolute Gasteiger partial charge is 0.756 e. The minimum absolute atomic E-state index is 0.0535. The third-order valence-corrected chi connectivity index (χ3v) is 9.00. The van der Waals surface area contributed by atoms with Crippen LogP contribution < -0.4 is 15.2 Å². The summed E-state index contributed by atoms with van der Waals surface area (Å²) in [5, 5.41) is 41.8. The molecule has 4 aliphatic heterocycles. The van der Waals surface area contributed by atoms with E-state index in [2.05, 4.69) is 39.3 Å². The number of rotatable bonds is 0. The third-order valence-electron chi connectivity index (χ3n) is 5.87. The zero-order valence-electron chi connectivity index (χ0n) is 17.8. The Kier molecular flexibility index (Phi) is 6.80. The molecule has 0 amide bonds. The highest BCUT2D eigenvalue weighted by Gasteiger charge is 2.49. The fourth-order valence-electron chi connectivity index (χ4n) is 4.11. The second-order valence-electron chi connectivity index (χ2n) is 8.14. The maximum absolute atomic E-state index is 12.2. The molecule has 0 saturated carbocycles. The standard InChI is InChI=1S/C15H20BrN5O13P2/c16-15-19-6-11(17)20-3-18-12(6)21(15)14-10(25)8(23)5(33-14)2-31-36(28,29)34-35(26,27)30-1-4-7(22)9(24)13(20)32-4/h3-5,7-10,13-14,17,22-25H,1-2H2,(H2,26,27,28,29)/t4-,5-,7-,8-,9-,10-,13-,14-/m1/s1. The highest BCUT2D eigenvalue weighted by atomic mass is 79.9. The van der Waals surface area contributed by atoms with Gasteiger partial charge in [-0.1, -0.05) is 4.98 Å². The number of hydrogen-bond donors (Lipinski definition) is 6. The van der Waals surface area contributed by atoms with Gasteiger partial charge in [-0.25, -0.2) is 18.4 Å². The predicted octanol–water partition coefficient (Wildman–Crippen LogP) is -3.07. The molecule has 2 unspecified atom stereocenters. The molecule has 0 aliphatic carbocycles. The Hall–Kier alpha value is -1.15. The number of phosphoric acid groups is 2. The molecule has 4 aliphatic rings. The molecule has 6 heterocycles. The minimum atomic E-state index is -5.51. The van der Waals surface area contributed by atoms with Gasteiger partial charge in [0.25, 0.3) is 13.6 Å². The van der Waals surface area contributed by atoms with Gasteiger partial charge in [0.15, 0.2) is 16.5 Å². The van der Waals surface area contributed by atoms with Crippen LogP contribution in [0, 0.1) is 0 Å². The normalized spacial score (nSPS) is 43.8. The molecular weight excluding hydrogens is 600 g/mol. The van der Waals surface area contributed by atoms with E-state index < -0.39 is 77.9 Å². The van der Waals surface area contributed by atoms with Gasteiger partial charge in [-0.2, -0.15) is 0 Å². The van der Waals surface area contributed by atoms with E-state index in [4.69, 9.17) is 15.2 Å². The maximum Gasteiger partial charge on any atom is 0.478 e.